The van der Waals surface area contributed by atoms with Crippen LogP contribution in [0.25, 0.3) is 22.2 Å². The Morgan fingerprint density at radius 1 is 1.00 bits per heavy atom. The van der Waals surface area contributed by atoms with Gasteiger partial charge in [0.25, 0.3) is 5.91 Å². The van der Waals surface area contributed by atoms with Crippen molar-refractivity contribution in [3.05, 3.63) is 89.0 Å². The lowest BCUT2D eigenvalue weighted by atomic mass is 10.1. The van der Waals surface area contributed by atoms with E-state index in [1.807, 2.05) is 80.6 Å². The van der Waals surface area contributed by atoms with Crippen LogP contribution in [0, 0.1) is 13.8 Å². The van der Waals surface area contributed by atoms with Crippen molar-refractivity contribution < 1.29 is 9.53 Å². The zero-order valence-corrected chi connectivity index (χ0v) is 19.6. The molecule has 3 N–H and O–H groups in total. The Balaban J connectivity index is 1.65. The van der Waals surface area contributed by atoms with Gasteiger partial charge >= 0.3 is 0 Å². The van der Waals surface area contributed by atoms with Crippen molar-refractivity contribution in [3.63, 3.8) is 0 Å². The summed E-state index contributed by atoms with van der Waals surface area (Å²) in [6, 6.07) is 20.8. The minimum Gasteiger partial charge on any atom is -0.497 e. The highest BCUT2D eigenvalue weighted by Gasteiger charge is 2.24. The van der Waals surface area contributed by atoms with Crippen LogP contribution in [0.15, 0.2) is 71.8 Å². The number of nitrogens with one attached hydrogen (secondary N) is 1. The molecule has 0 aliphatic rings. The summed E-state index contributed by atoms with van der Waals surface area (Å²) in [7, 11) is 1.61. The Morgan fingerprint density at radius 2 is 1.71 bits per heavy atom. The molecule has 5 aromatic rings. The molecule has 0 fully saturated rings. The van der Waals surface area contributed by atoms with Gasteiger partial charge in [0.1, 0.15) is 22.6 Å². The fourth-order valence-corrected chi connectivity index (χ4v) is 4.07. The number of ether oxygens (including phenoxy) is 1. The smallest absolute Gasteiger partial charge is 0.261 e. The topological polar surface area (TPSA) is 107 Å². The summed E-state index contributed by atoms with van der Waals surface area (Å²) >= 11 is 0. The number of carbonyl (C=O) groups excluding carboxylic acids is 1. The van der Waals surface area contributed by atoms with E-state index in [1.165, 1.54) is 4.68 Å². The van der Waals surface area contributed by atoms with E-state index in [0.29, 0.717) is 33.6 Å². The fourth-order valence-electron chi connectivity index (χ4n) is 4.07. The molecule has 8 heteroatoms. The molecule has 0 aliphatic carbocycles. The van der Waals surface area contributed by atoms with E-state index in [-0.39, 0.29) is 17.3 Å². The number of hydrogen-bond acceptors (Lipinski definition) is 6. The van der Waals surface area contributed by atoms with Gasteiger partial charge in [0.2, 0.25) is 0 Å². The van der Waals surface area contributed by atoms with Crippen LogP contribution in [0.3, 0.4) is 0 Å². The van der Waals surface area contributed by atoms with Crippen molar-refractivity contribution >= 4 is 45.8 Å². The number of hydrogen-bond donors (Lipinski definition) is 2. The zero-order chi connectivity index (χ0) is 24.5. The van der Waals surface area contributed by atoms with E-state index in [4.69, 9.17) is 20.4 Å². The molecular formula is C27H24N6O2. The molecule has 0 aliphatic heterocycles. The number of methoxy groups -OCH3 is 1. The maximum absolute atomic E-state index is 13.4. The highest BCUT2D eigenvalue weighted by molar-refractivity contribution is 6.16. The lowest BCUT2D eigenvalue weighted by Crippen LogP contribution is -2.14. The second-order valence-electron chi connectivity index (χ2n) is 8.31. The standard InChI is InChI=1S/C27H24N6O2/c1-16-11-17(2)13-19(12-16)30-27(34)23-24-26(32-22-10-5-4-9-21(22)31-24)33(25(23)28)29-15-18-7-6-8-20(14-18)35-3/h4-15H,28H2,1-3H3,(H,30,34)/b29-15+. The monoisotopic (exact) mass is 464 g/mol. The van der Waals surface area contributed by atoms with Gasteiger partial charge in [-0.25, -0.2) is 9.97 Å². The highest BCUT2D eigenvalue weighted by atomic mass is 16.5. The number of anilines is 2. The second kappa shape index (κ2) is 8.90. The molecule has 0 saturated carbocycles. The number of nitrogens with zero attached hydrogens (tertiary/aromatic N) is 4. The number of carbonyl (C=O) groups is 1. The maximum Gasteiger partial charge on any atom is 0.261 e. The lowest BCUT2D eigenvalue weighted by molar-refractivity contribution is 0.102. The summed E-state index contributed by atoms with van der Waals surface area (Å²) in [5.74, 6) is 0.479. The van der Waals surface area contributed by atoms with Gasteiger partial charge in [0.05, 0.1) is 24.4 Å². The number of benzene rings is 3. The largest absolute Gasteiger partial charge is 0.497 e. The van der Waals surface area contributed by atoms with Crippen molar-refractivity contribution in [1.29, 1.82) is 0 Å². The maximum atomic E-state index is 13.4. The number of para-hydroxylation sites is 2. The second-order valence-corrected chi connectivity index (χ2v) is 8.31. The molecular weight excluding hydrogens is 440 g/mol. The average Bonchev–Trinajstić information content (AvgIpc) is 3.10. The molecule has 0 atom stereocenters. The Labute approximate surface area is 202 Å². The first-order valence-corrected chi connectivity index (χ1v) is 11.1. The van der Waals surface area contributed by atoms with Gasteiger partial charge in [-0.05, 0) is 66.9 Å². The first-order valence-electron chi connectivity index (χ1n) is 11.1. The van der Waals surface area contributed by atoms with Crippen LogP contribution in [0.2, 0.25) is 0 Å². The predicted octanol–water partition coefficient (Wildman–Crippen LogP) is 4.93. The summed E-state index contributed by atoms with van der Waals surface area (Å²) in [5, 5.41) is 7.51. The molecule has 8 nitrogen and oxygen atoms in total. The third kappa shape index (κ3) is 4.29. The van der Waals surface area contributed by atoms with Crippen LogP contribution < -0.4 is 15.8 Å². The van der Waals surface area contributed by atoms with Crippen LogP contribution in [-0.4, -0.2) is 33.9 Å². The molecule has 0 unspecified atom stereocenters. The molecule has 0 radical (unpaired) electrons. The summed E-state index contributed by atoms with van der Waals surface area (Å²) in [6.45, 7) is 3.96. The van der Waals surface area contributed by atoms with Crippen LogP contribution in [0.5, 0.6) is 5.75 Å². The van der Waals surface area contributed by atoms with Crippen molar-refractivity contribution in [2.75, 3.05) is 18.2 Å². The number of aryl methyl sites for hydroxylation is 2. The molecule has 35 heavy (non-hydrogen) atoms. The minimum atomic E-state index is -0.377. The zero-order valence-electron chi connectivity index (χ0n) is 19.6. The molecule has 0 saturated heterocycles. The Morgan fingerprint density at radius 3 is 2.43 bits per heavy atom. The summed E-state index contributed by atoms with van der Waals surface area (Å²) in [5.41, 5.74) is 12.4. The van der Waals surface area contributed by atoms with Gasteiger partial charge in [0.15, 0.2) is 5.65 Å². The Bertz CT molecular complexity index is 1600. The number of aromatic nitrogens is 3. The van der Waals surface area contributed by atoms with E-state index in [2.05, 4.69) is 10.4 Å². The molecule has 2 aromatic heterocycles. The van der Waals surface area contributed by atoms with Crippen LogP contribution in [0.4, 0.5) is 11.5 Å². The first-order chi connectivity index (χ1) is 16.9. The summed E-state index contributed by atoms with van der Waals surface area (Å²) in [6.07, 6.45) is 1.64. The average molecular weight is 465 g/mol. The first kappa shape index (κ1) is 22.1. The van der Waals surface area contributed by atoms with Crippen molar-refractivity contribution in [3.8, 4) is 5.75 Å². The molecule has 3 aromatic carbocycles. The number of nitrogen functional groups attached to an aromatic ring is 1. The van der Waals surface area contributed by atoms with E-state index in [0.717, 1.165) is 16.7 Å². The summed E-state index contributed by atoms with van der Waals surface area (Å²) in [4.78, 5) is 22.9. The molecule has 0 spiro atoms. The quantitative estimate of drug-likeness (QED) is 0.359. The SMILES string of the molecule is COc1cccc(/C=N/n2c(N)c(C(=O)Nc3cc(C)cc(C)c3)c3nc4ccccc4nc32)c1. The van der Waals surface area contributed by atoms with Crippen molar-refractivity contribution in [1.82, 2.24) is 14.6 Å². The van der Waals surface area contributed by atoms with Gasteiger partial charge in [-0.2, -0.15) is 9.78 Å². The van der Waals surface area contributed by atoms with Crippen LogP contribution in [0.1, 0.15) is 27.0 Å². The van der Waals surface area contributed by atoms with Gasteiger partial charge in [-0.1, -0.05) is 30.3 Å². The number of fused-ring (bicyclic) bond motifs is 2. The molecule has 174 valence electrons. The Kier molecular flexibility index (Phi) is 5.62. The molecule has 0 bridgehead atoms. The number of amides is 1. The van der Waals surface area contributed by atoms with Crippen LogP contribution in [-0.2, 0) is 0 Å². The van der Waals surface area contributed by atoms with E-state index in [9.17, 15) is 4.79 Å². The minimum absolute atomic E-state index is 0.149. The predicted molar refractivity (Wildman–Crippen MR) is 139 cm³/mol. The van der Waals surface area contributed by atoms with Gasteiger partial charge < -0.3 is 15.8 Å². The molecule has 1 amide bonds. The van der Waals surface area contributed by atoms with E-state index < -0.39 is 0 Å². The number of rotatable bonds is 5. The normalized spacial score (nSPS) is 11.4. The lowest BCUT2D eigenvalue weighted by Gasteiger charge is -2.08. The van der Waals surface area contributed by atoms with Gasteiger partial charge in [-0.15, -0.1) is 0 Å². The van der Waals surface area contributed by atoms with E-state index in [1.54, 1.807) is 13.3 Å². The molecule has 2 heterocycles. The molecule has 5 rings (SSSR count). The highest BCUT2D eigenvalue weighted by Crippen LogP contribution is 2.29. The van der Waals surface area contributed by atoms with Crippen molar-refractivity contribution in [2.45, 2.75) is 13.8 Å². The van der Waals surface area contributed by atoms with Crippen LogP contribution >= 0.6 is 0 Å². The number of nitrogens with two attached hydrogens (primary N) is 1. The summed E-state index contributed by atoms with van der Waals surface area (Å²) < 4.78 is 6.74. The van der Waals surface area contributed by atoms with Crippen molar-refractivity contribution in [2.24, 2.45) is 5.10 Å². The third-order valence-electron chi connectivity index (χ3n) is 5.60. The third-order valence-corrected chi connectivity index (χ3v) is 5.60. The Hall–Kier alpha value is -4.72. The fraction of sp³-hybridized carbons (Fsp3) is 0.111. The van der Waals surface area contributed by atoms with Gasteiger partial charge in [0, 0.05) is 5.69 Å². The van der Waals surface area contributed by atoms with E-state index >= 15 is 0 Å². The van der Waals surface area contributed by atoms with Gasteiger partial charge in [-0.3, -0.25) is 4.79 Å².